The average Bonchev–Trinajstić information content (AvgIpc) is 3.29. The Morgan fingerprint density at radius 2 is 1.76 bits per heavy atom. The van der Waals surface area contributed by atoms with Crippen LogP contribution in [0.25, 0.3) is 0 Å². The number of rotatable bonds is 8. The summed E-state index contributed by atoms with van der Waals surface area (Å²) in [5, 5.41) is 7.33. The van der Waals surface area contributed by atoms with E-state index in [0.29, 0.717) is 35.3 Å². The van der Waals surface area contributed by atoms with Gasteiger partial charge in [0.2, 0.25) is 0 Å². The van der Waals surface area contributed by atoms with E-state index in [1.165, 1.54) is 6.07 Å². The summed E-state index contributed by atoms with van der Waals surface area (Å²) in [5.74, 6) is -0.0838. The third-order valence-electron chi connectivity index (χ3n) is 6.14. The largest absolute Gasteiger partial charge is 0.341 e. The first kappa shape index (κ1) is 25.7. The molecule has 0 N–H and O–H groups in total. The molecule has 1 saturated heterocycles. The summed E-state index contributed by atoms with van der Waals surface area (Å²) in [6, 6.07) is 15.1. The number of nitrogens with zero attached hydrogens (tertiary/aromatic N) is 4. The zero-order valence-corrected chi connectivity index (χ0v) is 20.3. The topological polar surface area (TPSA) is 31.2 Å². The summed E-state index contributed by atoms with van der Waals surface area (Å²) in [6.45, 7) is 14.9. The van der Waals surface area contributed by atoms with Gasteiger partial charge in [-0.25, -0.2) is 13.2 Å². The van der Waals surface area contributed by atoms with E-state index in [4.69, 9.17) is 0 Å². The van der Waals surface area contributed by atoms with Crippen LogP contribution in [0.3, 0.4) is 0 Å². The monoisotopic (exact) mass is 470 g/mol. The van der Waals surface area contributed by atoms with Gasteiger partial charge in [-0.3, -0.25) is 4.90 Å². The maximum Gasteiger partial charge on any atom is 0.278 e. The number of hydrogen-bond acceptors (Lipinski definition) is 4. The van der Waals surface area contributed by atoms with Crippen LogP contribution in [0, 0.1) is 11.7 Å². The first-order valence-electron chi connectivity index (χ1n) is 11.8. The van der Waals surface area contributed by atoms with Crippen molar-refractivity contribution in [1.82, 2.24) is 4.90 Å². The molecule has 34 heavy (non-hydrogen) atoms. The Hall–Kier alpha value is -2.93. The van der Waals surface area contributed by atoms with Gasteiger partial charge in [-0.05, 0) is 32.0 Å². The van der Waals surface area contributed by atoms with Gasteiger partial charge >= 0.3 is 0 Å². The third-order valence-corrected chi connectivity index (χ3v) is 6.14. The second kappa shape index (κ2) is 11.5. The van der Waals surface area contributed by atoms with Gasteiger partial charge in [-0.1, -0.05) is 50.8 Å². The molecule has 0 aromatic heterocycles. The molecule has 0 bridgehead atoms. The van der Waals surface area contributed by atoms with E-state index in [1.807, 2.05) is 44.2 Å². The smallest absolute Gasteiger partial charge is 0.278 e. The highest BCUT2D eigenvalue weighted by molar-refractivity contribution is 6.15. The van der Waals surface area contributed by atoms with E-state index < -0.39 is 12.2 Å². The van der Waals surface area contributed by atoms with Crippen molar-refractivity contribution in [3.63, 3.8) is 0 Å². The van der Waals surface area contributed by atoms with Crippen LogP contribution in [0.1, 0.15) is 45.2 Å². The standard InChI is InChI=1S/C25H27F3N4.C2H6/c1-16(2)31-13-20(14-31)17(3)32(21-7-5-4-6-8-21)15-19-10-9-18(11-22(19)26)23-12-24(25(27)28)30-29-23;1-2/h4-11,16,20,25H,3,12-15H2,1-2H3;1-2H3. The Labute approximate surface area is 200 Å². The summed E-state index contributed by atoms with van der Waals surface area (Å²) in [6.07, 6.45) is -2.71. The lowest BCUT2D eigenvalue weighted by Crippen LogP contribution is -2.52. The number of likely N-dealkylation sites (tertiary alicyclic amines) is 1. The van der Waals surface area contributed by atoms with Crippen molar-refractivity contribution in [3.8, 4) is 0 Å². The van der Waals surface area contributed by atoms with E-state index in [1.54, 1.807) is 12.1 Å². The second-order valence-electron chi connectivity index (χ2n) is 8.58. The molecule has 4 nitrogen and oxygen atoms in total. The maximum atomic E-state index is 15.1. The molecular formula is C27H33F3N4. The van der Waals surface area contributed by atoms with Crippen molar-refractivity contribution >= 4 is 17.1 Å². The molecule has 2 aromatic rings. The Kier molecular flexibility index (Phi) is 8.67. The molecule has 2 aliphatic rings. The highest BCUT2D eigenvalue weighted by atomic mass is 19.3. The first-order valence-corrected chi connectivity index (χ1v) is 11.8. The fourth-order valence-electron chi connectivity index (χ4n) is 4.00. The van der Waals surface area contributed by atoms with Crippen molar-refractivity contribution < 1.29 is 13.2 Å². The van der Waals surface area contributed by atoms with Crippen LogP contribution < -0.4 is 4.90 Å². The third kappa shape index (κ3) is 5.76. The Balaban J connectivity index is 0.00000158. The molecule has 0 radical (unpaired) electrons. The van der Waals surface area contributed by atoms with E-state index >= 15 is 4.39 Å². The predicted octanol–water partition coefficient (Wildman–Crippen LogP) is 6.53. The Morgan fingerprint density at radius 1 is 1.09 bits per heavy atom. The SMILES string of the molecule is C=C(C1CN(C(C)C)C1)N(Cc1ccc(C2=NN=C(C(F)F)C2)cc1F)c1ccccc1.CC. The van der Waals surface area contributed by atoms with Crippen LogP contribution in [0.5, 0.6) is 0 Å². The number of para-hydroxylation sites is 1. The minimum Gasteiger partial charge on any atom is -0.341 e. The summed E-state index contributed by atoms with van der Waals surface area (Å²) >= 11 is 0. The van der Waals surface area contributed by atoms with Crippen molar-refractivity contribution in [1.29, 1.82) is 0 Å². The summed E-state index contributed by atoms with van der Waals surface area (Å²) in [7, 11) is 0. The molecule has 4 rings (SSSR count). The van der Waals surface area contributed by atoms with Gasteiger partial charge in [0, 0.05) is 54.0 Å². The zero-order valence-electron chi connectivity index (χ0n) is 20.3. The predicted molar refractivity (Wildman–Crippen MR) is 134 cm³/mol. The van der Waals surface area contributed by atoms with E-state index in [2.05, 4.69) is 40.4 Å². The first-order chi connectivity index (χ1) is 16.3. The van der Waals surface area contributed by atoms with Crippen molar-refractivity contribution in [2.45, 2.75) is 53.1 Å². The van der Waals surface area contributed by atoms with Gasteiger partial charge in [0.15, 0.2) is 0 Å². The van der Waals surface area contributed by atoms with Crippen LogP contribution in [0.2, 0.25) is 0 Å². The van der Waals surface area contributed by atoms with Gasteiger partial charge < -0.3 is 4.90 Å². The van der Waals surface area contributed by atoms with Crippen LogP contribution in [0.15, 0.2) is 71.0 Å². The molecule has 7 heteroatoms. The van der Waals surface area contributed by atoms with Crippen molar-refractivity contribution in [2.24, 2.45) is 16.1 Å². The van der Waals surface area contributed by atoms with Crippen molar-refractivity contribution in [3.05, 3.63) is 77.8 Å². The molecule has 0 saturated carbocycles. The van der Waals surface area contributed by atoms with Gasteiger partial charge in [-0.15, -0.1) is 0 Å². The molecule has 2 aromatic carbocycles. The highest BCUT2D eigenvalue weighted by Gasteiger charge is 2.33. The average molecular weight is 471 g/mol. The van der Waals surface area contributed by atoms with Crippen LogP contribution >= 0.6 is 0 Å². The quantitative estimate of drug-likeness (QED) is 0.439. The lowest BCUT2D eigenvalue weighted by molar-refractivity contribution is 0.0865. The van der Waals surface area contributed by atoms with Gasteiger partial charge in [0.05, 0.1) is 12.3 Å². The molecule has 0 aliphatic carbocycles. The zero-order chi connectivity index (χ0) is 24.8. The number of alkyl halides is 2. The van der Waals surface area contributed by atoms with Gasteiger partial charge in [0.25, 0.3) is 6.43 Å². The second-order valence-corrected chi connectivity index (χ2v) is 8.58. The van der Waals surface area contributed by atoms with E-state index in [0.717, 1.165) is 24.5 Å². The minimum absolute atomic E-state index is 0.0581. The lowest BCUT2D eigenvalue weighted by Gasteiger charge is -2.45. The number of anilines is 1. The number of benzene rings is 2. The molecule has 0 unspecified atom stereocenters. The summed E-state index contributed by atoms with van der Waals surface area (Å²) in [5.41, 5.74) is 2.98. The molecule has 2 heterocycles. The normalized spacial score (nSPS) is 16.0. The molecule has 1 fully saturated rings. The molecular weight excluding hydrogens is 437 g/mol. The Morgan fingerprint density at radius 3 is 2.32 bits per heavy atom. The highest BCUT2D eigenvalue weighted by Crippen LogP contribution is 2.32. The molecule has 182 valence electrons. The van der Waals surface area contributed by atoms with E-state index in [9.17, 15) is 8.78 Å². The number of halogens is 3. The van der Waals surface area contributed by atoms with Gasteiger partial charge in [-0.2, -0.15) is 10.2 Å². The molecule has 0 atom stereocenters. The molecule has 0 spiro atoms. The maximum absolute atomic E-state index is 15.1. The van der Waals surface area contributed by atoms with Crippen molar-refractivity contribution in [2.75, 3.05) is 18.0 Å². The fraction of sp³-hybridized carbons (Fsp3) is 0.407. The van der Waals surface area contributed by atoms with Gasteiger partial charge in [0.1, 0.15) is 11.5 Å². The minimum atomic E-state index is -2.65. The van der Waals surface area contributed by atoms with Crippen LogP contribution in [-0.2, 0) is 6.54 Å². The van der Waals surface area contributed by atoms with Crippen LogP contribution in [0.4, 0.5) is 18.9 Å². The molecule has 2 aliphatic heterocycles. The summed E-state index contributed by atoms with van der Waals surface area (Å²) < 4.78 is 40.7. The fourth-order valence-corrected chi connectivity index (χ4v) is 4.00. The van der Waals surface area contributed by atoms with E-state index in [-0.39, 0.29) is 12.1 Å². The Bertz CT molecular complexity index is 1040. The number of hydrogen-bond donors (Lipinski definition) is 0. The lowest BCUT2D eigenvalue weighted by atomic mass is 9.93. The van der Waals surface area contributed by atoms with Crippen LogP contribution in [-0.4, -0.2) is 41.9 Å². The summed E-state index contributed by atoms with van der Waals surface area (Å²) in [4.78, 5) is 4.44. The molecule has 0 amide bonds.